The molecular formula is C23H20ClN7O6S. The normalized spacial score (nSPS) is 11.5. The number of halogens is 1. The van der Waals surface area contributed by atoms with Gasteiger partial charge in [-0.25, -0.2) is 8.42 Å². The molecule has 4 aromatic rings. The van der Waals surface area contributed by atoms with Crippen molar-refractivity contribution in [1.82, 2.24) is 19.7 Å². The Bertz CT molecular complexity index is 1660. The first-order valence-corrected chi connectivity index (χ1v) is 12.6. The third-order valence-electron chi connectivity index (χ3n) is 5.06. The highest BCUT2D eigenvalue weighted by Crippen LogP contribution is 2.23. The summed E-state index contributed by atoms with van der Waals surface area (Å²) in [7, 11) is -1.32. The molecule has 0 saturated heterocycles. The second-order valence-electron chi connectivity index (χ2n) is 7.62. The topological polar surface area (TPSA) is 170 Å². The summed E-state index contributed by atoms with van der Waals surface area (Å²) in [6, 6.07) is 12.7. The van der Waals surface area contributed by atoms with Gasteiger partial charge in [0.05, 0.1) is 30.5 Å². The molecule has 0 spiro atoms. The lowest BCUT2D eigenvalue weighted by atomic mass is 10.2. The maximum Gasteiger partial charge on any atom is 0.321 e. The molecule has 0 atom stereocenters. The highest BCUT2D eigenvalue weighted by atomic mass is 35.5. The van der Waals surface area contributed by atoms with Gasteiger partial charge < -0.3 is 9.47 Å². The summed E-state index contributed by atoms with van der Waals surface area (Å²) in [5.41, 5.74) is 0.0817. The largest absolute Gasteiger partial charge is 0.481 e. The molecule has 0 aliphatic heterocycles. The van der Waals surface area contributed by atoms with Gasteiger partial charge in [0.2, 0.25) is 5.88 Å². The number of rotatable bonds is 8. The monoisotopic (exact) mass is 557 g/mol. The maximum absolute atomic E-state index is 12.8. The standard InChI is InChI=1S/C23H20ClN7O6S/c1-13-20(22(33)31(29-13)21(32)14-4-6-15(24)7-5-14)28-27-16-8-10-17(11-9-16)38(34,35)30-18-12-19(36-2)26-23(25-18)37-3/h4-12,29H,1-3H3,(H,25,26,30). The van der Waals surface area contributed by atoms with Crippen LogP contribution in [0, 0.1) is 6.92 Å². The van der Waals surface area contributed by atoms with Gasteiger partial charge in [-0.15, -0.1) is 5.11 Å². The quantitative estimate of drug-likeness (QED) is 0.308. The molecule has 2 N–H and O–H groups in total. The Balaban J connectivity index is 1.53. The zero-order valence-electron chi connectivity index (χ0n) is 20.2. The van der Waals surface area contributed by atoms with E-state index in [1.165, 1.54) is 68.8 Å². The number of azo groups is 1. The molecule has 2 aromatic heterocycles. The van der Waals surface area contributed by atoms with Crippen molar-refractivity contribution in [2.75, 3.05) is 18.9 Å². The number of carbonyl (C=O) groups excluding carboxylic acids is 1. The summed E-state index contributed by atoms with van der Waals surface area (Å²) in [4.78, 5) is 33.2. The van der Waals surface area contributed by atoms with Crippen molar-refractivity contribution in [2.45, 2.75) is 11.8 Å². The molecule has 0 unspecified atom stereocenters. The molecular weight excluding hydrogens is 538 g/mol. The zero-order chi connectivity index (χ0) is 27.4. The lowest BCUT2D eigenvalue weighted by Gasteiger charge is -2.09. The molecule has 4 rings (SSSR count). The van der Waals surface area contributed by atoms with E-state index in [1.807, 2.05) is 0 Å². The molecule has 0 aliphatic rings. The van der Waals surface area contributed by atoms with Crippen molar-refractivity contribution >= 4 is 44.7 Å². The molecule has 15 heteroatoms. The van der Waals surface area contributed by atoms with Gasteiger partial charge in [0, 0.05) is 16.7 Å². The summed E-state index contributed by atoms with van der Waals surface area (Å²) >= 11 is 5.85. The average molecular weight is 558 g/mol. The van der Waals surface area contributed by atoms with Gasteiger partial charge in [0.15, 0.2) is 11.5 Å². The average Bonchev–Trinajstić information content (AvgIpc) is 3.19. The molecule has 0 amide bonds. The Labute approximate surface area is 221 Å². The molecule has 196 valence electrons. The van der Waals surface area contributed by atoms with E-state index < -0.39 is 21.5 Å². The molecule has 2 aromatic carbocycles. The van der Waals surface area contributed by atoms with Crippen LogP contribution in [0.4, 0.5) is 17.2 Å². The van der Waals surface area contributed by atoms with Crippen LogP contribution in [0.5, 0.6) is 11.9 Å². The minimum atomic E-state index is -4.02. The van der Waals surface area contributed by atoms with Crippen molar-refractivity contribution in [3.8, 4) is 11.9 Å². The van der Waals surface area contributed by atoms with E-state index in [0.717, 1.165) is 4.68 Å². The zero-order valence-corrected chi connectivity index (χ0v) is 21.7. The molecule has 0 aliphatic carbocycles. The summed E-state index contributed by atoms with van der Waals surface area (Å²) < 4.78 is 38.7. The van der Waals surface area contributed by atoms with Crippen LogP contribution in [0.1, 0.15) is 16.1 Å². The van der Waals surface area contributed by atoms with Crippen molar-refractivity contribution in [1.29, 1.82) is 0 Å². The number of aryl methyl sites for hydroxylation is 1. The Morgan fingerprint density at radius 1 is 1.03 bits per heavy atom. The van der Waals surface area contributed by atoms with Crippen molar-refractivity contribution < 1.29 is 22.7 Å². The van der Waals surface area contributed by atoms with E-state index in [-0.39, 0.29) is 39.5 Å². The number of ether oxygens (including phenoxy) is 2. The van der Waals surface area contributed by atoms with Crippen LogP contribution < -0.4 is 19.8 Å². The minimum absolute atomic E-state index is 0.0511. The first-order chi connectivity index (χ1) is 18.1. The van der Waals surface area contributed by atoms with E-state index in [2.05, 4.69) is 30.0 Å². The lowest BCUT2D eigenvalue weighted by molar-refractivity contribution is 0.0941. The number of methoxy groups -OCH3 is 2. The molecule has 0 bridgehead atoms. The SMILES string of the molecule is COc1cc(NS(=O)(=O)c2ccc(N=Nc3c(C)[nH]n(C(=O)c4ccc(Cl)cc4)c3=O)cc2)nc(OC)n1. The number of H-pyrrole nitrogens is 1. The van der Waals surface area contributed by atoms with E-state index in [1.54, 1.807) is 6.92 Å². The summed E-state index contributed by atoms with van der Waals surface area (Å²) in [5.74, 6) is -0.527. The molecule has 0 radical (unpaired) electrons. The van der Waals surface area contributed by atoms with Crippen LogP contribution in [0.15, 0.2) is 74.5 Å². The number of sulfonamides is 1. The number of hydrogen-bond acceptors (Lipinski definition) is 10. The van der Waals surface area contributed by atoms with Gasteiger partial charge in [-0.05, 0) is 55.5 Å². The van der Waals surface area contributed by atoms with Crippen LogP contribution >= 0.6 is 11.6 Å². The second kappa shape index (κ2) is 10.8. The minimum Gasteiger partial charge on any atom is -0.481 e. The van der Waals surface area contributed by atoms with Gasteiger partial charge in [-0.2, -0.15) is 19.8 Å². The third kappa shape index (κ3) is 5.71. The Morgan fingerprint density at radius 3 is 2.34 bits per heavy atom. The van der Waals surface area contributed by atoms with Gasteiger partial charge in [-0.1, -0.05) is 11.6 Å². The van der Waals surface area contributed by atoms with E-state index in [4.69, 9.17) is 21.1 Å². The Kier molecular flexibility index (Phi) is 7.55. The fourth-order valence-electron chi connectivity index (χ4n) is 3.17. The number of benzene rings is 2. The number of nitrogens with one attached hydrogen (secondary N) is 2. The molecule has 38 heavy (non-hydrogen) atoms. The van der Waals surface area contributed by atoms with E-state index in [0.29, 0.717) is 10.7 Å². The van der Waals surface area contributed by atoms with Crippen LogP contribution in [-0.2, 0) is 10.0 Å². The molecule has 0 fully saturated rings. The number of carbonyl (C=O) groups is 1. The molecule has 0 saturated carbocycles. The lowest BCUT2D eigenvalue weighted by Crippen LogP contribution is -2.25. The first-order valence-electron chi connectivity index (χ1n) is 10.7. The smallest absolute Gasteiger partial charge is 0.321 e. The number of aromatic nitrogens is 4. The number of anilines is 1. The van der Waals surface area contributed by atoms with Crippen LogP contribution in [0.3, 0.4) is 0 Å². The fourth-order valence-corrected chi connectivity index (χ4v) is 4.29. The van der Waals surface area contributed by atoms with Crippen LogP contribution in [-0.4, -0.2) is 48.3 Å². The van der Waals surface area contributed by atoms with Gasteiger partial charge in [0.1, 0.15) is 0 Å². The highest BCUT2D eigenvalue weighted by molar-refractivity contribution is 7.92. The van der Waals surface area contributed by atoms with Crippen LogP contribution in [0.25, 0.3) is 0 Å². The maximum atomic E-state index is 12.8. The first kappa shape index (κ1) is 26.5. The molecule has 2 heterocycles. The predicted molar refractivity (Wildman–Crippen MR) is 138 cm³/mol. The van der Waals surface area contributed by atoms with Gasteiger partial charge in [0.25, 0.3) is 15.9 Å². The number of hydrogen-bond donors (Lipinski definition) is 2. The fraction of sp³-hybridized carbons (Fsp3) is 0.130. The summed E-state index contributed by atoms with van der Waals surface area (Å²) in [6.07, 6.45) is 0. The highest BCUT2D eigenvalue weighted by Gasteiger charge is 2.19. The second-order valence-corrected chi connectivity index (χ2v) is 9.74. The van der Waals surface area contributed by atoms with Crippen LogP contribution in [0.2, 0.25) is 5.02 Å². The third-order valence-corrected chi connectivity index (χ3v) is 6.68. The summed E-state index contributed by atoms with van der Waals surface area (Å²) in [5, 5.41) is 11.1. The van der Waals surface area contributed by atoms with Crippen molar-refractivity contribution in [3.05, 3.63) is 81.2 Å². The van der Waals surface area contributed by atoms with Crippen molar-refractivity contribution in [3.63, 3.8) is 0 Å². The Hall–Kier alpha value is -4.56. The van der Waals surface area contributed by atoms with Gasteiger partial charge >= 0.3 is 11.6 Å². The Morgan fingerprint density at radius 2 is 1.71 bits per heavy atom. The predicted octanol–water partition coefficient (Wildman–Crippen LogP) is 3.85. The summed E-state index contributed by atoms with van der Waals surface area (Å²) in [6.45, 7) is 1.57. The van der Waals surface area contributed by atoms with E-state index in [9.17, 15) is 18.0 Å². The number of aromatic amines is 1. The van der Waals surface area contributed by atoms with E-state index >= 15 is 0 Å². The van der Waals surface area contributed by atoms with Crippen molar-refractivity contribution in [2.24, 2.45) is 10.2 Å². The van der Waals surface area contributed by atoms with Gasteiger partial charge in [-0.3, -0.25) is 19.4 Å². The molecule has 13 nitrogen and oxygen atoms in total. The number of nitrogens with zero attached hydrogens (tertiary/aromatic N) is 5.